The van der Waals surface area contributed by atoms with Crippen LogP contribution in [0.1, 0.15) is 116 Å². The SMILES string of the molecule is CCCC(=O)NC1(c2ccc(Br)cc2)CCOC1.CCCC(=O)NC1(c2ccc(NC(=O)c3cccc(Cl)c3)cc2)CCOC1.CCCC(=O)O.NC(=O)c1cccc(Cl)c1.NC1(c2ccc(Br)cc2)CCOC1. The van der Waals surface area contributed by atoms with Gasteiger partial charge in [-0.05, 0) is 115 Å². The minimum atomic E-state index is -0.711. The minimum Gasteiger partial charge on any atom is -0.481 e. The number of carboxylic acids is 1. The van der Waals surface area contributed by atoms with Gasteiger partial charge < -0.3 is 46.7 Å². The van der Waals surface area contributed by atoms with Crippen LogP contribution >= 0.6 is 55.1 Å². The molecule has 8 N–H and O–H groups in total. The van der Waals surface area contributed by atoms with Crippen molar-refractivity contribution < 1.29 is 43.3 Å². The van der Waals surface area contributed by atoms with E-state index in [0.717, 1.165) is 70.8 Å². The molecule has 3 fully saturated rings. The van der Waals surface area contributed by atoms with Gasteiger partial charge in [-0.1, -0.05) is 124 Å². The molecule has 398 valence electrons. The number of nitrogens with two attached hydrogens (primary N) is 2. The monoisotopic (exact) mass is 1180 g/mol. The van der Waals surface area contributed by atoms with Crippen LogP contribution in [0.5, 0.6) is 0 Å². The lowest BCUT2D eigenvalue weighted by atomic mass is 9.88. The van der Waals surface area contributed by atoms with Crippen LogP contribution in [0.2, 0.25) is 10.0 Å². The average Bonchev–Trinajstić information content (AvgIpc) is 4.16. The zero-order valence-electron chi connectivity index (χ0n) is 42.0. The summed E-state index contributed by atoms with van der Waals surface area (Å²) in [5.41, 5.74) is 14.9. The molecule has 0 aromatic heterocycles. The van der Waals surface area contributed by atoms with Gasteiger partial charge in [0.1, 0.15) is 0 Å². The lowest BCUT2D eigenvalue weighted by Gasteiger charge is -2.29. The number of aliphatic carboxylic acids is 1. The number of amides is 4. The molecule has 3 atom stereocenters. The summed E-state index contributed by atoms with van der Waals surface area (Å²) < 4.78 is 18.5. The van der Waals surface area contributed by atoms with Gasteiger partial charge in [0.15, 0.2) is 0 Å². The summed E-state index contributed by atoms with van der Waals surface area (Å²) in [5, 5.41) is 18.1. The molecule has 8 rings (SSSR count). The van der Waals surface area contributed by atoms with Gasteiger partial charge in [-0.25, -0.2) is 0 Å². The summed E-state index contributed by atoms with van der Waals surface area (Å²) >= 11 is 18.3. The number of carboxylic acid groups (broad SMARTS) is 1. The van der Waals surface area contributed by atoms with Crippen molar-refractivity contribution in [3.05, 3.63) is 168 Å². The zero-order valence-corrected chi connectivity index (χ0v) is 46.7. The second-order valence-electron chi connectivity index (χ2n) is 17.9. The quantitative estimate of drug-likeness (QED) is 0.0617. The van der Waals surface area contributed by atoms with Gasteiger partial charge >= 0.3 is 5.97 Å². The summed E-state index contributed by atoms with van der Waals surface area (Å²) in [7, 11) is 0. The fraction of sp³-hybridized carbons (Fsp3) is 0.375. The lowest BCUT2D eigenvalue weighted by molar-refractivity contribution is -0.137. The van der Waals surface area contributed by atoms with Gasteiger partial charge in [0.2, 0.25) is 17.7 Å². The molecule has 14 nitrogen and oxygen atoms in total. The maximum atomic E-state index is 12.3. The minimum absolute atomic E-state index is 0.0290. The Morgan fingerprint density at radius 1 is 0.581 bits per heavy atom. The molecule has 3 saturated heterocycles. The summed E-state index contributed by atoms with van der Waals surface area (Å²) in [4.78, 5) is 56.5. The molecular weight excluding hydrogens is 1120 g/mol. The van der Waals surface area contributed by atoms with Gasteiger partial charge in [-0.2, -0.15) is 0 Å². The van der Waals surface area contributed by atoms with Crippen LogP contribution in [0.25, 0.3) is 0 Å². The standard InChI is InChI=1S/C21H23ClN2O3.C14H18BrNO2.C10H12BrNO.C7H6ClNO.C4H8O2/c1-2-4-19(25)24-21(11-12-27-14-21)16-7-9-18(10-8-16)23-20(26)15-5-3-6-17(22)13-15;1-2-3-13(17)16-14(8-9-18-10-14)11-4-6-12(15)7-5-11;11-9-3-1-8(2-4-9)10(12)5-6-13-7-10;8-6-3-1-2-5(4-6)7(9)10;1-2-3-4(5)6/h3,5-10,13H,2,4,11-12,14H2,1H3,(H,23,26)(H,24,25);4-7H,2-3,8-10H2,1H3,(H,16,17);1-4H,5-7,12H2;1-4H,(H2,9,10);2-3H2,1H3,(H,5,6). The van der Waals surface area contributed by atoms with E-state index in [9.17, 15) is 24.0 Å². The first kappa shape index (κ1) is 61.4. The number of primary amides is 1. The molecule has 3 aliphatic rings. The molecule has 0 saturated carbocycles. The summed E-state index contributed by atoms with van der Waals surface area (Å²) in [5.74, 6) is -1.26. The first-order valence-electron chi connectivity index (χ1n) is 24.5. The van der Waals surface area contributed by atoms with Crippen molar-refractivity contribution in [3.63, 3.8) is 0 Å². The third-order valence-electron chi connectivity index (χ3n) is 12.0. The summed E-state index contributed by atoms with van der Waals surface area (Å²) in [6, 6.07) is 37.1. The topological polar surface area (TPSA) is 221 Å². The van der Waals surface area contributed by atoms with Crippen LogP contribution in [0, 0.1) is 0 Å². The average molecular weight is 1180 g/mol. The number of ether oxygens (including phenoxy) is 3. The van der Waals surface area contributed by atoms with Gasteiger partial charge in [-0.3, -0.25) is 24.0 Å². The molecule has 18 heteroatoms. The first-order chi connectivity index (χ1) is 35.4. The number of halogens is 4. The largest absolute Gasteiger partial charge is 0.481 e. The molecule has 5 aromatic carbocycles. The molecule has 3 aliphatic heterocycles. The molecule has 4 amide bonds. The van der Waals surface area contributed by atoms with Crippen molar-refractivity contribution >= 4 is 90.3 Å². The third-order valence-corrected chi connectivity index (χ3v) is 13.5. The van der Waals surface area contributed by atoms with E-state index in [2.05, 4.69) is 59.9 Å². The fourth-order valence-electron chi connectivity index (χ4n) is 7.96. The first-order valence-corrected chi connectivity index (χ1v) is 26.8. The smallest absolute Gasteiger partial charge is 0.303 e. The van der Waals surface area contributed by atoms with E-state index in [1.807, 2.05) is 81.4 Å². The predicted molar refractivity (Wildman–Crippen MR) is 298 cm³/mol. The maximum absolute atomic E-state index is 12.3. The molecular formula is C56H67Br2Cl2N5O9. The van der Waals surface area contributed by atoms with E-state index in [0.29, 0.717) is 79.2 Å². The van der Waals surface area contributed by atoms with Crippen molar-refractivity contribution in [2.24, 2.45) is 11.5 Å². The van der Waals surface area contributed by atoms with Crippen LogP contribution in [-0.2, 0) is 45.2 Å². The van der Waals surface area contributed by atoms with Crippen LogP contribution < -0.4 is 27.4 Å². The van der Waals surface area contributed by atoms with E-state index in [1.54, 1.807) is 42.5 Å². The molecule has 0 spiro atoms. The van der Waals surface area contributed by atoms with E-state index < -0.39 is 17.4 Å². The number of carbonyl (C=O) groups is 5. The van der Waals surface area contributed by atoms with Crippen LogP contribution in [0.4, 0.5) is 5.69 Å². The number of hydrogen-bond donors (Lipinski definition) is 6. The van der Waals surface area contributed by atoms with Gasteiger partial charge in [-0.15, -0.1) is 0 Å². The second-order valence-corrected chi connectivity index (χ2v) is 20.6. The molecule has 0 bridgehead atoms. The van der Waals surface area contributed by atoms with Crippen molar-refractivity contribution in [1.29, 1.82) is 0 Å². The number of carbonyl (C=O) groups excluding carboxylic acids is 4. The lowest BCUT2D eigenvalue weighted by Crippen LogP contribution is -2.46. The zero-order chi connectivity index (χ0) is 54.2. The van der Waals surface area contributed by atoms with E-state index in [1.165, 1.54) is 6.07 Å². The molecule has 3 unspecified atom stereocenters. The van der Waals surface area contributed by atoms with Crippen molar-refractivity contribution in [2.45, 2.75) is 95.2 Å². The number of anilines is 1. The second kappa shape index (κ2) is 31.0. The Bertz CT molecular complexity index is 2570. The summed E-state index contributed by atoms with van der Waals surface area (Å²) in [6.07, 6.45) is 6.24. The van der Waals surface area contributed by atoms with Gasteiger partial charge in [0.25, 0.3) is 5.91 Å². The molecule has 74 heavy (non-hydrogen) atoms. The third kappa shape index (κ3) is 19.8. The highest BCUT2D eigenvalue weighted by molar-refractivity contribution is 9.10. The number of hydrogen-bond acceptors (Lipinski definition) is 9. The van der Waals surface area contributed by atoms with Crippen molar-refractivity contribution in [2.75, 3.05) is 45.0 Å². The molecule has 0 radical (unpaired) electrons. The Morgan fingerprint density at radius 3 is 1.36 bits per heavy atom. The highest BCUT2D eigenvalue weighted by Gasteiger charge is 2.39. The molecule has 5 aromatic rings. The Kier molecular flexibility index (Phi) is 25.7. The Balaban J connectivity index is 0.000000218. The van der Waals surface area contributed by atoms with Crippen LogP contribution in [0.15, 0.2) is 130 Å². The Hall–Kier alpha value is -5.17. The predicted octanol–water partition coefficient (Wildman–Crippen LogP) is 11.4. The number of nitrogens with one attached hydrogen (secondary N) is 3. The highest BCUT2D eigenvalue weighted by Crippen LogP contribution is 2.33. The van der Waals surface area contributed by atoms with Crippen molar-refractivity contribution in [1.82, 2.24) is 10.6 Å². The van der Waals surface area contributed by atoms with Crippen molar-refractivity contribution in [3.8, 4) is 0 Å². The summed E-state index contributed by atoms with van der Waals surface area (Å²) in [6.45, 7) is 9.56. The van der Waals surface area contributed by atoms with Gasteiger partial charge in [0, 0.05) is 87.7 Å². The van der Waals surface area contributed by atoms with E-state index in [-0.39, 0.29) is 28.8 Å². The van der Waals surface area contributed by atoms with Gasteiger partial charge in [0.05, 0.1) is 36.4 Å². The number of benzene rings is 5. The van der Waals surface area contributed by atoms with E-state index in [4.69, 9.17) is 54.0 Å². The fourth-order valence-corrected chi connectivity index (χ4v) is 8.87. The van der Waals surface area contributed by atoms with E-state index >= 15 is 0 Å². The Morgan fingerprint density at radius 2 is 1.00 bits per heavy atom. The number of rotatable bonds is 14. The molecule has 3 heterocycles. The van der Waals surface area contributed by atoms with Crippen LogP contribution in [-0.4, -0.2) is 74.3 Å². The Labute approximate surface area is 461 Å². The maximum Gasteiger partial charge on any atom is 0.303 e. The molecule has 0 aliphatic carbocycles. The normalized spacial score (nSPS) is 19.3. The van der Waals surface area contributed by atoms with Crippen LogP contribution in [0.3, 0.4) is 0 Å². The highest BCUT2D eigenvalue weighted by atomic mass is 79.9.